The predicted octanol–water partition coefficient (Wildman–Crippen LogP) is 2.19. The monoisotopic (exact) mass is 391 g/mol. The molecular formula is C19H25N3O6. The molecule has 2 rings (SSSR count). The van der Waals surface area contributed by atoms with E-state index in [0.717, 1.165) is 5.56 Å². The number of aromatic nitrogens is 3. The molecule has 1 unspecified atom stereocenters. The first-order valence-electron chi connectivity index (χ1n) is 8.74. The van der Waals surface area contributed by atoms with Gasteiger partial charge in [0.15, 0.2) is 0 Å². The maximum Gasteiger partial charge on any atom is 0.350 e. The predicted molar refractivity (Wildman–Crippen MR) is 99.3 cm³/mol. The summed E-state index contributed by atoms with van der Waals surface area (Å²) in [6.45, 7) is 5.75. The van der Waals surface area contributed by atoms with E-state index in [4.69, 9.17) is 23.7 Å². The Balaban J connectivity index is 2.23. The molecule has 1 atom stereocenters. The Kier molecular flexibility index (Phi) is 7.51. The first-order chi connectivity index (χ1) is 13.4. The zero-order chi connectivity index (χ0) is 20.6. The molecule has 0 amide bonds. The van der Waals surface area contributed by atoms with Gasteiger partial charge >= 0.3 is 24.0 Å². The maximum atomic E-state index is 12.8. The number of benzene rings is 1. The van der Waals surface area contributed by atoms with Crippen molar-refractivity contribution in [3.05, 3.63) is 35.9 Å². The molecular weight excluding hydrogens is 366 g/mol. The third kappa shape index (κ3) is 5.78. The number of carbonyl (C=O) groups is 1. The van der Waals surface area contributed by atoms with Gasteiger partial charge in [-0.2, -0.15) is 0 Å². The van der Waals surface area contributed by atoms with Gasteiger partial charge in [0.25, 0.3) is 0 Å². The van der Waals surface area contributed by atoms with Crippen LogP contribution in [0, 0.1) is 0 Å². The van der Waals surface area contributed by atoms with Crippen molar-refractivity contribution in [3.8, 4) is 18.0 Å². The van der Waals surface area contributed by atoms with Crippen molar-refractivity contribution in [1.82, 2.24) is 15.0 Å². The molecule has 1 heterocycles. The van der Waals surface area contributed by atoms with Gasteiger partial charge in [-0.05, 0) is 26.3 Å². The number of carbonyl (C=O) groups excluding carboxylic acids is 1. The second-order valence-corrected chi connectivity index (χ2v) is 6.22. The Morgan fingerprint density at radius 1 is 1.00 bits per heavy atom. The normalized spacial score (nSPS) is 12.2. The smallest absolute Gasteiger partial charge is 0.350 e. The van der Waals surface area contributed by atoms with E-state index in [9.17, 15) is 4.79 Å². The average Bonchev–Trinajstić information content (AvgIpc) is 2.70. The fourth-order valence-corrected chi connectivity index (χ4v) is 2.39. The summed E-state index contributed by atoms with van der Waals surface area (Å²) in [5.41, 5.74) is -0.150. The van der Waals surface area contributed by atoms with Gasteiger partial charge in [-0.15, -0.1) is 15.0 Å². The Morgan fingerprint density at radius 2 is 1.57 bits per heavy atom. The molecule has 0 saturated carbocycles. The van der Waals surface area contributed by atoms with Gasteiger partial charge in [0.2, 0.25) is 6.10 Å². The maximum absolute atomic E-state index is 12.8. The minimum atomic E-state index is -1.13. The van der Waals surface area contributed by atoms with E-state index in [1.165, 1.54) is 14.2 Å². The van der Waals surface area contributed by atoms with Gasteiger partial charge in [0.05, 0.1) is 14.2 Å². The molecule has 0 N–H and O–H groups in total. The summed E-state index contributed by atoms with van der Waals surface area (Å²) in [6, 6.07) is 9.18. The van der Waals surface area contributed by atoms with Gasteiger partial charge in [-0.1, -0.05) is 30.3 Å². The van der Waals surface area contributed by atoms with E-state index in [2.05, 4.69) is 15.0 Å². The lowest BCUT2D eigenvalue weighted by Crippen LogP contribution is -2.49. The molecule has 0 spiro atoms. The summed E-state index contributed by atoms with van der Waals surface area (Å²) in [5, 5.41) is 0. The molecule has 9 nitrogen and oxygen atoms in total. The van der Waals surface area contributed by atoms with E-state index >= 15 is 0 Å². The van der Waals surface area contributed by atoms with Crippen molar-refractivity contribution in [1.29, 1.82) is 0 Å². The van der Waals surface area contributed by atoms with Crippen LogP contribution in [0.15, 0.2) is 30.3 Å². The molecule has 0 saturated heterocycles. The molecule has 0 bridgehead atoms. The zero-order valence-electron chi connectivity index (χ0n) is 16.7. The third-order valence-corrected chi connectivity index (χ3v) is 3.75. The van der Waals surface area contributed by atoms with Crippen LogP contribution in [0.1, 0.15) is 26.3 Å². The average molecular weight is 391 g/mol. The molecule has 9 heteroatoms. The molecule has 28 heavy (non-hydrogen) atoms. The van der Waals surface area contributed by atoms with Crippen LogP contribution in [0.5, 0.6) is 18.0 Å². The SMILES string of the molecule is CCOC(C)(C)C(Oc1nc(OC)nc(OC)n1)C(=O)OCc1ccccc1. The highest BCUT2D eigenvalue weighted by Crippen LogP contribution is 2.23. The number of nitrogens with zero attached hydrogens (tertiary/aromatic N) is 3. The van der Waals surface area contributed by atoms with Crippen LogP contribution in [0.3, 0.4) is 0 Å². The number of rotatable bonds is 10. The summed E-state index contributed by atoms with van der Waals surface area (Å²) in [6.07, 6.45) is -1.13. The first kappa shape index (κ1) is 21.4. The molecule has 2 aromatic rings. The number of ether oxygens (including phenoxy) is 5. The fraction of sp³-hybridized carbons (Fsp3) is 0.474. The van der Waals surface area contributed by atoms with E-state index in [0.29, 0.717) is 6.61 Å². The van der Waals surface area contributed by atoms with Crippen molar-refractivity contribution < 1.29 is 28.5 Å². The molecule has 0 aliphatic carbocycles. The van der Waals surface area contributed by atoms with Crippen molar-refractivity contribution in [2.45, 2.75) is 39.1 Å². The quantitative estimate of drug-likeness (QED) is 0.564. The van der Waals surface area contributed by atoms with Crippen LogP contribution < -0.4 is 14.2 Å². The molecule has 1 aromatic heterocycles. The highest BCUT2D eigenvalue weighted by atomic mass is 16.6. The molecule has 0 aliphatic rings. The van der Waals surface area contributed by atoms with E-state index in [1.54, 1.807) is 13.8 Å². The van der Waals surface area contributed by atoms with Gasteiger partial charge in [0, 0.05) is 6.61 Å². The standard InChI is InChI=1S/C19H25N3O6/c1-6-27-19(2,3)14(15(23)26-12-13-10-8-7-9-11-13)28-18-21-16(24-4)20-17(22-18)25-5/h7-11,14H,6,12H2,1-5H3. The molecule has 0 aliphatic heterocycles. The molecule has 0 radical (unpaired) electrons. The van der Waals surface area contributed by atoms with E-state index in [-0.39, 0.29) is 24.6 Å². The van der Waals surface area contributed by atoms with Gasteiger partial charge in [0.1, 0.15) is 12.2 Å². The number of hydrogen-bond donors (Lipinski definition) is 0. The summed E-state index contributed by atoms with van der Waals surface area (Å²) in [5.74, 6) is -0.611. The molecule has 1 aromatic carbocycles. The van der Waals surface area contributed by atoms with Crippen LogP contribution in [0.4, 0.5) is 0 Å². The molecule has 0 fully saturated rings. The Labute approximate surface area is 164 Å². The van der Waals surface area contributed by atoms with Crippen LogP contribution >= 0.6 is 0 Å². The number of methoxy groups -OCH3 is 2. The van der Waals surface area contributed by atoms with E-state index in [1.807, 2.05) is 37.3 Å². The summed E-state index contributed by atoms with van der Waals surface area (Å²) in [4.78, 5) is 24.7. The first-order valence-corrected chi connectivity index (χ1v) is 8.74. The van der Waals surface area contributed by atoms with Crippen LogP contribution in [0.2, 0.25) is 0 Å². The summed E-state index contributed by atoms with van der Waals surface area (Å²) >= 11 is 0. The van der Waals surface area contributed by atoms with Crippen LogP contribution in [-0.2, 0) is 20.9 Å². The minimum absolute atomic E-state index is 0.00697. The van der Waals surface area contributed by atoms with Gasteiger partial charge in [-0.3, -0.25) is 0 Å². The van der Waals surface area contributed by atoms with Crippen LogP contribution in [-0.4, -0.2) is 53.5 Å². The highest BCUT2D eigenvalue weighted by molar-refractivity contribution is 5.76. The minimum Gasteiger partial charge on any atom is -0.467 e. The second kappa shape index (κ2) is 9.84. The Morgan fingerprint density at radius 3 is 2.11 bits per heavy atom. The Bertz CT molecular complexity index is 747. The summed E-state index contributed by atoms with van der Waals surface area (Å²) in [7, 11) is 2.79. The summed E-state index contributed by atoms with van der Waals surface area (Å²) < 4.78 is 26.9. The second-order valence-electron chi connectivity index (χ2n) is 6.22. The molecule has 152 valence electrons. The van der Waals surface area contributed by atoms with Crippen molar-refractivity contribution in [3.63, 3.8) is 0 Å². The highest BCUT2D eigenvalue weighted by Gasteiger charge is 2.40. The topological polar surface area (TPSA) is 102 Å². The fourth-order valence-electron chi connectivity index (χ4n) is 2.39. The Hall–Kier alpha value is -2.94. The lowest BCUT2D eigenvalue weighted by Gasteiger charge is -2.31. The number of hydrogen-bond acceptors (Lipinski definition) is 9. The van der Waals surface area contributed by atoms with Crippen molar-refractivity contribution >= 4 is 5.97 Å². The number of esters is 1. The lowest BCUT2D eigenvalue weighted by atomic mass is 10.0. The van der Waals surface area contributed by atoms with Gasteiger partial charge in [-0.25, -0.2) is 4.79 Å². The largest absolute Gasteiger partial charge is 0.467 e. The van der Waals surface area contributed by atoms with Crippen molar-refractivity contribution in [2.24, 2.45) is 0 Å². The van der Waals surface area contributed by atoms with Gasteiger partial charge < -0.3 is 23.7 Å². The zero-order valence-corrected chi connectivity index (χ0v) is 16.7. The lowest BCUT2D eigenvalue weighted by molar-refractivity contribution is -0.170. The van der Waals surface area contributed by atoms with Crippen molar-refractivity contribution in [2.75, 3.05) is 20.8 Å². The third-order valence-electron chi connectivity index (χ3n) is 3.75. The van der Waals surface area contributed by atoms with Crippen LogP contribution in [0.25, 0.3) is 0 Å². The van der Waals surface area contributed by atoms with E-state index < -0.39 is 17.7 Å².